The second-order valence-electron chi connectivity index (χ2n) is 1.27. The number of nitrogens with one attached hydrogen (secondary N) is 2. The van der Waals surface area contributed by atoms with Crippen molar-refractivity contribution in [2.45, 2.75) is 0 Å². The van der Waals surface area contributed by atoms with E-state index in [1.807, 2.05) is 0 Å². The van der Waals surface area contributed by atoms with E-state index in [1.54, 1.807) is 0 Å². The lowest BCUT2D eigenvalue weighted by molar-refractivity contribution is 1.04. The Morgan fingerprint density at radius 2 is 2.50 bits per heavy atom. The highest BCUT2D eigenvalue weighted by molar-refractivity contribution is 5.33. The smallest absolute Gasteiger partial charge is 0.289 e. The van der Waals surface area contributed by atoms with Crippen LogP contribution in [0.25, 0.3) is 6.08 Å². The van der Waals surface area contributed by atoms with Crippen LogP contribution in [0.3, 0.4) is 0 Å². The Balaban J connectivity index is 3.18. The van der Waals surface area contributed by atoms with Crippen LogP contribution in [0.4, 0.5) is 0 Å². The van der Waals surface area contributed by atoms with Gasteiger partial charge in [-0.2, -0.15) is 5.10 Å². The van der Waals surface area contributed by atoms with E-state index < -0.39 is 0 Å². The summed E-state index contributed by atoms with van der Waals surface area (Å²) in [7, 11) is 0. The molecule has 0 amide bonds. The molecule has 0 atom stereocenters. The standard InChI is InChI=1S/C4H5N3O/c1-2-3-5-4(8)7-6-3/h2H,1H2,(H2,5,6,7,8). The molecule has 0 aliphatic carbocycles. The van der Waals surface area contributed by atoms with Crippen molar-refractivity contribution in [3.05, 3.63) is 22.9 Å². The minimum atomic E-state index is -0.306. The van der Waals surface area contributed by atoms with Crippen molar-refractivity contribution >= 4 is 6.08 Å². The van der Waals surface area contributed by atoms with E-state index in [0.717, 1.165) is 0 Å². The highest BCUT2D eigenvalue weighted by Crippen LogP contribution is 1.79. The largest absolute Gasteiger partial charge is 0.340 e. The minimum absolute atomic E-state index is 0.306. The van der Waals surface area contributed by atoms with Crippen molar-refractivity contribution in [3.8, 4) is 0 Å². The summed E-state index contributed by atoms with van der Waals surface area (Å²) in [6.45, 7) is 3.39. The molecule has 2 N–H and O–H groups in total. The molecule has 1 aromatic rings. The monoisotopic (exact) mass is 111 g/mol. The molecule has 0 saturated heterocycles. The van der Waals surface area contributed by atoms with E-state index in [4.69, 9.17) is 0 Å². The number of hydrogen-bond acceptors (Lipinski definition) is 2. The summed E-state index contributed by atoms with van der Waals surface area (Å²) in [6, 6.07) is 0. The summed E-state index contributed by atoms with van der Waals surface area (Å²) >= 11 is 0. The normalized spacial score (nSPS) is 9.00. The van der Waals surface area contributed by atoms with Gasteiger partial charge in [-0.1, -0.05) is 6.58 Å². The van der Waals surface area contributed by atoms with Crippen LogP contribution in [0.5, 0.6) is 0 Å². The van der Waals surface area contributed by atoms with Crippen LogP contribution >= 0.6 is 0 Å². The average molecular weight is 111 g/mol. The Kier molecular flexibility index (Phi) is 0.997. The molecular weight excluding hydrogens is 106 g/mol. The zero-order valence-corrected chi connectivity index (χ0v) is 4.14. The van der Waals surface area contributed by atoms with E-state index in [0.29, 0.717) is 5.82 Å². The van der Waals surface area contributed by atoms with Gasteiger partial charge in [0.1, 0.15) is 0 Å². The zero-order valence-electron chi connectivity index (χ0n) is 4.14. The maximum Gasteiger partial charge on any atom is 0.340 e. The van der Waals surface area contributed by atoms with Gasteiger partial charge < -0.3 is 0 Å². The summed E-state index contributed by atoms with van der Waals surface area (Å²) in [5, 5.41) is 5.71. The Morgan fingerprint density at radius 1 is 1.75 bits per heavy atom. The van der Waals surface area contributed by atoms with Crippen LogP contribution in [0.1, 0.15) is 5.82 Å². The lowest BCUT2D eigenvalue weighted by atomic mass is 10.6. The van der Waals surface area contributed by atoms with Gasteiger partial charge in [0.15, 0.2) is 5.82 Å². The van der Waals surface area contributed by atoms with Crippen LogP contribution in [0, 0.1) is 0 Å². The fraction of sp³-hybridized carbons (Fsp3) is 0. The molecule has 0 unspecified atom stereocenters. The first kappa shape index (κ1) is 4.83. The molecule has 1 aromatic heterocycles. The van der Waals surface area contributed by atoms with Crippen LogP contribution < -0.4 is 5.69 Å². The fourth-order valence-electron chi connectivity index (χ4n) is 0.380. The lowest BCUT2D eigenvalue weighted by Crippen LogP contribution is -2.00. The number of hydrogen-bond donors (Lipinski definition) is 2. The van der Waals surface area contributed by atoms with E-state index in [9.17, 15) is 4.79 Å². The highest BCUT2D eigenvalue weighted by atomic mass is 16.1. The van der Waals surface area contributed by atoms with E-state index in [1.165, 1.54) is 6.08 Å². The Hall–Kier alpha value is -1.32. The molecule has 0 bridgehead atoms. The fourth-order valence-corrected chi connectivity index (χ4v) is 0.380. The third-order valence-electron chi connectivity index (χ3n) is 0.713. The number of nitrogens with zero attached hydrogens (tertiary/aromatic N) is 1. The molecule has 0 aromatic carbocycles. The van der Waals surface area contributed by atoms with Gasteiger partial charge in [-0.15, -0.1) is 0 Å². The van der Waals surface area contributed by atoms with Crippen molar-refractivity contribution in [2.75, 3.05) is 0 Å². The molecule has 0 saturated carbocycles. The molecule has 4 nitrogen and oxygen atoms in total. The third-order valence-corrected chi connectivity index (χ3v) is 0.713. The maximum absolute atomic E-state index is 10.2. The van der Waals surface area contributed by atoms with Gasteiger partial charge in [-0.25, -0.2) is 9.89 Å². The number of H-pyrrole nitrogens is 2. The zero-order chi connectivity index (χ0) is 5.98. The second-order valence-corrected chi connectivity index (χ2v) is 1.27. The van der Waals surface area contributed by atoms with Crippen molar-refractivity contribution in [1.82, 2.24) is 15.2 Å². The Morgan fingerprint density at radius 3 is 2.75 bits per heavy atom. The van der Waals surface area contributed by atoms with Crippen molar-refractivity contribution < 1.29 is 0 Å². The van der Waals surface area contributed by atoms with Crippen LogP contribution in [-0.4, -0.2) is 15.2 Å². The lowest BCUT2D eigenvalue weighted by Gasteiger charge is -1.70. The van der Waals surface area contributed by atoms with E-state index in [-0.39, 0.29) is 5.69 Å². The minimum Gasteiger partial charge on any atom is -0.289 e. The molecule has 4 heteroatoms. The van der Waals surface area contributed by atoms with Crippen molar-refractivity contribution in [1.29, 1.82) is 0 Å². The van der Waals surface area contributed by atoms with Gasteiger partial charge in [0.25, 0.3) is 0 Å². The number of rotatable bonds is 1. The van der Waals surface area contributed by atoms with Crippen molar-refractivity contribution in [2.24, 2.45) is 0 Å². The molecule has 0 spiro atoms. The summed E-state index contributed by atoms with van der Waals surface area (Å²) in [4.78, 5) is 12.6. The predicted octanol–water partition coefficient (Wildman–Crippen LogP) is -0.259. The predicted molar refractivity (Wildman–Crippen MR) is 29.3 cm³/mol. The third kappa shape index (κ3) is 0.676. The van der Waals surface area contributed by atoms with Gasteiger partial charge in [-0.05, 0) is 6.08 Å². The van der Waals surface area contributed by atoms with Gasteiger partial charge in [0.05, 0.1) is 0 Å². The summed E-state index contributed by atoms with van der Waals surface area (Å²) in [5.74, 6) is 0.468. The molecule has 0 aliphatic rings. The summed E-state index contributed by atoms with van der Waals surface area (Å²) in [5.41, 5.74) is -0.306. The summed E-state index contributed by atoms with van der Waals surface area (Å²) in [6.07, 6.45) is 1.46. The molecule has 0 radical (unpaired) electrons. The highest BCUT2D eigenvalue weighted by Gasteiger charge is 1.86. The first-order valence-electron chi connectivity index (χ1n) is 2.10. The molecule has 1 heterocycles. The van der Waals surface area contributed by atoms with Gasteiger partial charge >= 0.3 is 5.69 Å². The second kappa shape index (κ2) is 1.65. The molecular formula is C4H5N3O. The van der Waals surface area contributed by atoms with Crippen LogP contribution in [0.15, 0.2) is 11.4 Å². The first-order valence-corrected chi connectivity index (χ1v) is 2.10. The SMILES string of the molecule is C=Cc1n[nH]c(=O)[nH]1. The molecule has 0 fully saturated rings. The first-order chi connectivity index (χ1) is 3.83. The Bertz CT molecular complexity index is 233. The Labute approximate surface area is 45.3 Å². The number of aromatic amines is 2. The topological polar surface area (TPSA) is 61.5 Å². The maximum atomic E-state index is 10.2. The molecule has 0 aliphatic heterocycles. The summed E-state index contributed by atoms with van der Waals surface area (Å²) < 4.78 is 0. The van der Waals surface area contributed by atoms with Crippen LogP contribution in [0.2, 0.25) is 0 Å². The van der Waals surface area contributed by atoms with E-state index >= 15 is 0 Å². The number of aromatic nitrogens is 3. The van der Waals surface area contributed by atoms with Gasteiger partial charge in [0.2, 0.25) is 0 Å². The van der Waals surface area contributed by atoms with Crippen LogP contribution in [-0.2, 0) is 0 Å². The molecule has 42 valence electrons. The van der Waals surface area contributed by atoms with Gasteiger partial charge in [-0.3, -0.25) is 4.98 Å². The average Bonchev–Trinajstić information content (AvgIpc) is 2.14. The van der Waals surface area contributed by atoms with Crippen molar-refractivity contribution in [3.63, 3.8) is 0 Å². The molecule has 1 rings (SSSR count). The van der Waals surface area contributed by atoms with Gasteiger partial charge in [0, 0.05) is 0 Å². The molecule has 8 heavy (non-hydrogen) atoms. The quantitative estimate of drug-likeness (QED) is 0.524. The van der Waals surface area contributed by atoms with E-state index in [2.05, 4.69) is 21.8 Å².